The fourth-order valence-electron chi connectivity index (χ4n) is 3.90. The third-order valence-corrected chi connectivity index (χ3v) is 5.43. The van der Waals surface area contributed by atoms with Gasteiger partial charge in [-0.05, 0) is 42.8 Å². The first-order valence-corrected chi connectivity index (χ1v) is 10.4. The Kier molecular flexibility index (Phi) is 6.03. The number of nitrogens with zero attached hydrogens (tertiary/aromatic N) is 2. The van der Waals surface area contributed by atoms with Gasteiger partial charge in [-0.2, -0.15) is 0 Å². The van der Waals surface area contributed by atoms with Crippen LogP contribution in [0.3, 0.4) is 0 Å². The Balaban J connectivity index is 1.85. The quantitative estimate of drug-likeness (QED) is 0.513. The molecule has 0 radical (unpaired) electrons. The maximum Gasteiger partial charge on any atom is 0.278 e. The molecule has 0 spiro atoms. The molecule has 5 nitrogen and oxygen atoms in total. The van der Waals surface area contributed by atoms with Gasteiger partial charge >= 0.3 is 0 Å². The number of hydrogen-bond acceptors (Lipinski definition) is 4. The maximum atomic E-state index is 13.6. The molecular formula is C26H23FN2O3. The zero-order valence-electron chi connectivity index (χ0n) is 17.9. The van der Waals surface area contributed by atoms with Crippen LogP contribution in [0.25, 0.3) is 5.57 Å². The summed E-state index contributed by atoms with van der Waals surface area (Å²) in [5, 5.41) is 0. The highest BCUT2D eigenvalue weighted by atomic mass is 19.1. The molecule has 0 N–H and O–H groups in total. The topological polar surface area (TPSA) is 49.9 Å². The van der Waals surface area contributed by atoms with Gasteiger partial charge in [0.05, 0.1) is 19.2 Å². The van der Waals surface area contributed by atoms with E-state index in [9.17, 15) is 14.0 Å². The molecule has 1 aliphatic rings. The average Bonchev–Trinajstić information content (AvgIpc) is 3.06. The Labute approximate surface area is 186 Å². The lowest BCUT2D eigenvalue weighted by Gasteiger charge is -2.25. The van der Waals surface area contributed by atoms with Gasteiger partial charge in [-0.1, -0.05) is 48.5 Å². The van der Waals surface area contributed by atoms with Crippen molar-refractivity contribution in [1.82, 2.24) is 4.90 Å². The molecule has 162 valence electrons. The fourth-order valence-corrected chi connectivity index (χ4v) is 3.90. The van der Waals surface area contributed by atoms with E-state index in [-0.39, 0.29) is 12.4 Å². The highest BCUT2D eigenvalue weighted by molar-refractivity contribution is 6.37. The van der Waals surface area contributed by atoms with E-state index >= 15 is 0 Å². The summed E-state index contributed by atoms with van der Waals surface area (Å²) in [4.78, 5) is 30.3. The van der Waals surface area contributed by atoms with Crippen LogP contribution in [-0.2, 0) is 16.1 Å². The number of anilines is 1. The number of ether oxygens (including phenoxy) is 1. The summed E-state index contributed by atoms with van der Waals surface area (Å²) in [6.07, 6.45) is 0. The van der Waals surface area contributed by atoms with Gasteiger partial charge in [-0.25, -0.2) is 4.39 Å². The van der Waals surface area contributed by atoms with Crippen LogP contribution in [0, 0.1) is 5.82 Å². The zero-order valence-corrected chi connectivity index (χ0v) is 17.9. The number of carbonyl (C=O) groups is 2. The molecule has 1 heterocycles. The molecule has 0 atom stereocenters. The van der Waals surface area contributed by atoms with Gasteiger partial charge < -0.3 is 9.64 Å². The van der Waals surface area contributed by atoms with Crippen LogP contribution in [0.5, 0.6) is 5.75 Å². The van der Waals surface area contributed by atoms with Crippen LogP contribution in [0.4, 0.5) is 10.1 Å². The molecule has 0 saturated heterocycles. The summed E-state index contributed by atoms with van der Waals surface area (Å²) in [5.41, 5.74) is 2.62. The molecular weight excluding hydrogens is 407 g/mol. The fraction of sp³-hybridized carbons (Fsp3) is 0.154. The Hall–Kier alpha value is -3.93. The molecule has 6 heteroatoms. The highest BCUT2D eigenvalue weighted by Crippen LogP contribution is 2.38. The molecule has 0 saturated carbocycles. The van der Waals surface area contributed by atoms with Gasteiger partial charge in [0.25, 0.3) is 11.8 Å². The van der Waals surface area contributed by atoms with Gasteiger partial charge in [-0.3, -0.25) is 14.5 Å². The van der Waals surface area contributed by atoms with E-state index in [4.69, 9.17) is 4.74 Å². The second-order valence-electron chi connectivity index (χ2n) is 7.33. The third kappa shape index (κ3) is 3.87. The van der Waals surface area contributed by atoms with Crippen molar-refractivity contribution in [2.24, 2.45) is 0 Å². The van der Waals surface area contributed by atoms with Gasteiger partial charge in [0.1, 0.15) is 17.3 Å². The standard InChI is InChI=1S/C26H23FN2O3/c1-3-28(20-9-5-4-6-10-20)24-23(21-11-7-8-12-22(21)32-2)25(30)29(26(24)31)17-18-13-15-19(27)16-14-18/h4-16H,3,17H2,1-2H3. The second-order valence-corrected chi connectivity index (χ2v) is 7.33. The molecule has 4 rings (SSSR count). The lowest BCUT2D eigenvalue weighted by Crippen LogP contribution is -2.34. The second kappa shape index (κ2) is 9.06. The summed E-state index contributed by atoms with van der Waals surface area (Å²) < 4.78 is 18.8. The van der Waals surface area contributed by atoms with Crippen molar-refractivity contribution >= 4 is 23.1 Å². The van der Waals surface area contributed by atoms with Crippen molar-refractivity contribution in [3.63, 3.8) is 0 Å². The van der Waals surface area contributed by atoms with E-state index in [0.29, 0.717) is 34.7 Å². The van der Waals surface area contributed by atoms with Crippen LogP contribution in [0.15, 0.2) is 84.6 Å². The lowest BCUT2D eigenvalue weighted by atomic mass is 10.0. The summed E-state index contributed by atoms with van der Waals surface area (Å²) in [6, 6.07) is 22.4. The van der Waals surface area contributed by atoms with Crippen LogP contribution in [-0.4, -0.2) is 30.4 Å². The van der Waals surface area contributed by atoms with Gasteiger partial charge in [0.15, 0.2) is 0 Å². The highest BCUT2D eigenvalue weighted by Gasteiger charge is 2.42. The smallest absolute Gasteiger partial charge is 0.278 e. The van der Waals surface area contributed by atoms with Crippen molar-refractivity contribution in [2.45, 2.75) is 13.5 Å². The van der Waals surface area contributed by atoms with Crippen molar-refractivity contribution in [1.29, 1.82) is 0 Å². The minimum atomic E-state index is -0.409. The van der Waals surface area contributed by atoms with Crippen LogP contribution in [0.1, 0.15) is 18.1 Å². The minimum absolute atomic E-state index is 0.0481. The Morgan fingerprint density at radius 1 is 0.875 bits per heavy atom. The SMILES string of the molecule is CCN(C1=C(c2ccccc2OC)C(=O)N(Cc2ccc(F)cc2)C1=O)c1ccccc1. The zero-order chi connectivity index (χ0) is 22.7. The van der Waals surface area contributed by atoms with Gasteiger partial charge in [0.2, 0.25) is 0 Å². The van der Waals surface area contributed by atoms with Crippen LogP contribution < -0.4 is 9.64 Å². The third-order valence-electron chi connectivity index (χ3n) is 5.43. The van der Waals surface area contributed by atoms with E-state index in [0.717, 1.165) is 5.69 Å². The normalized spacial score (nSPS) is 13.7. The Morgan fingerprint density at radius 3 is 2.19 bits per heavy atom. The summed E-state index contributed by atoms with van der Waals surface area (Å²) >= 11 is 0. The lowest BCUT2D eigenvalue weighted by molar-refractivity contribution is -0.137. The number of benzene rings is 3. The van der Waals surface area contributed by atoms with Crippen molar-refractivity contribution < 1.29 is 18.7 Å². The number of likely N-dealkylation sites (N-methyl/N-ethyl adjacent to an activating group) is 1. The summed E-state index contributed by atoms with van der Waals surface area (Å²) in [5.74, 6) is -0.671. The minimum Gasteiger partial charge on any atom is -0.496 e. The van der Waals surface area contributed by atoms with E-state index < -0.39 is 11.8 Å². The first-order chi connectivity index (χ1) is 15.5. The number of amides is 2. The molecule has 2 amide bonds. The van der Waals surface area contributed by atoms with E-state index in [2.05, 4.69) is 0 Å². The molecule has 32 heavy (non-hydrogen) atoms. The number of imide groups is 1. The average molecular weight is 430 g/mol. The number of carbonyl (C=O) groups excluding carboxylic acids is 2. The summed E-state index contributed by atoms with van der Waals surface area (Å²) in [7, 11) is 1.53. The van der Waals surface area contributed by atoms with Crippen molar-refractivity contribution in [3.05, 3.63) is 102 Å². The number of rotatable bonds is 7. The molecule has 0 aromatic heterocycles. The van der Waals surface area contributed by atoms with Gasteiger partial charge in [-0.15, -0.1) is 0 Å². The van der Waals surface area contributed by atoms with Crippen molar-refractivity contribution in [2.75, 3.05) is 18.6 Å². The predicted octanol–water partition coefficient (Wildman–Crippen LogP) is 4.64. The molecule has 0 aliphatic carbocycles. The molecule has 0 unspecified atom stereocenters. The molecule has 3 aromatic carbocycles. The maximum absolute atomic E-state index is 13.6. The molecule has 0 fully saturated rings. The van der Waals surface area contributed by atoms with Crippen LogP contribution in [0.2, 0.25) is 0 Å². The number of hydrogen-bond donors (Lipinski definition) is 0. The van der Waals surface area contributed by atoms with E-state index in [1.165, 1.54) is 24.1 Å². The van der Waals surface area contributed by atoms with E-state index in [1.54, 1.807) is 24.3 Å². The largest absolute Gasteiger partial charge is 0.496 e. The number of para-hydroxylation sites is 2. The monoisotopic (exact) mass is 430 g/mol. The summed E-state index contributed by atoms with van der Waals surface area (Å²) in [6.45, 7) is 2.47. The molecule has 3 aromatic rings. The number of halogens is 1. The first-order valence-electron chi connectivity index (χ1n) is 10.4. The van der Waals surface area contributed by atoms with E-state index in [1.807, 2.05) is 54.3 Å². The molecule has 1 aliphatic heterocycles. The number of methoxy groups -OCH3 is 1. The Morgan fingerprint density at radius 2 is 1.53 bits per heavy atom. The van der Waals surface area contributed by atoms with Crippen molar-refractivity contribution in [3.8, 4) is 5.75 Å². The predicted molar refractivity (Wildman–Crippen MR) is 121 cm³/mol. The van der Waals surface area contributed by atoms with Crippen LogP contribution >= 0.6 is 0 Å². The Bertz CT molecular complexity index is 1170. The van der Waals surface area contributed by atoms with Gasteiger partial charge in [0, 0.05) is 17.8 Å². The first kappa shape index (κ1) is 21.3. The molecule has 0 bridgehead atoms.